The number of aromatic hydroxyl groups is 1. The van der Waals surface area contributed by atoms with Crippen LogP contribution in [-0.2, 0) is 0 Å². The Morgan fingerprint density at radius 2 is 2.08 bits per heavy atom. The molecular formula is C10H9NO. The number of phenols is 1. The van der Waals surface area contributed by atoms with Gasteiger partial charge in [0, 0.05) is 17.5 Å². The summed E-state index contributed by atoms with van der Waals surface area (Å²) in [7, 11) is 0. The van der Waals surface area contributed by atoms with Gasteiger partial charge in [-0.3, -0.25) is 0 Å². The van der Waals surface area contributed by atoms with E-state index in [0.29, 0.717) is 5.75 Å². The maximum Gasteiger partial charge on any atom is 0.116 e. The molecule has 0 amide bonds. The Bertz CT molecular complexity index is 353. The highest BCUT2D eigenvalue weighted by Crippen LogP contribution is 2.23. The third-order valence-corrected chi connectivity index (χ3v) is 1.76. The molecule has 0 fully saturated rings. The molecule has 0 radical (unpaired) electrons. The molecule has 0 aliphatic carbocycles. The van der Waals surface area contributed by atoms with Crippen LogP contribution in [0.4, 0.5) is 5.69 Å². The van der Waals surface area contributed by atoms with E-state index in [4.69, 9.17) is 0 Å². The first-order valence-corrected chi connectivity index (χ1v) is 3.79. The molecule has 0 saturated carbocycles. The van der Waals surface area contributed by atoms with Crippen LogP contribution in [-0.4, -0.2) is 5.11 Å². The first-order valence-electron chi connectivity index (χ1n) is 3.79. The van der Waals surface area contributed by atoms with Crippen molar-refractivity contribution in [2.75, 3.05) is 5.32 Å². The van der Waals surface area contributed by atoms with Crippen molar-refractivity contribution >= 4 is 11.8 Å². The van der Waals surface area contributed by atoms with Gasteiger partial charge >= 0.3 is 0 Å². The number of anilines is 1. The predicted molar refractivity (Wildman–Crippen MR) is 49.9 cm³/mol. The molecule has 2 rings (SSSR count). The molecule has 60 valence electrons. The Kier molecular flexibility index (Phi) is 1.59. The van der Waals surface area contributed by atoms with Gasteiger partial charge < -0.3 is 10.4 Å². The maximum atomic E-state index is 9.20. The topological polar surface area (TPSA) is 32.3 Å². The number of benzene rings is 1. The quantitative estimate of drug-likeness (QED) is 0.569. The molecule has 1 aliphatic rings. The van der Waals surface area contributed by atoms with Gasteiger partial charge in [0.05, 0.1) is 0 Å². The molecule has 12 heavy (non-hydrogen) atoms. The fourth-order valence-electron chi connectivity index (χ4n) is 1.17. The van der Waals surface area contributed by atoms with Crippen molar-refractivity contribution in [3.05, 3.63) is 42.1 Å². The van der Waals surface area contributed by atoms with Gasteiger partial charge in [-0.2, -0.15) is 0 Å². The van der Waals surface area contributed by atoms with Crippen molar-refractivity contribution in [3.63, 3.8) is 0 Å². The van der Waals surface area contributed by atoms with E-state index in [9.17, 15) is 5.11 Å². The third kappa shape index (κ3) is 1.19. The van der Waals surface area contributed by atoms with Gasteiger partial charge in [-0.05, 0) is 24.3 Å². The Balaban J connectivity index is 2.53. The van der Waals surface area contributed by atoms with E-state index in [-0.39, 0.29) is 0 Å². The zero-order chi connectivity index (χ0) is 8.39. The predicted octanol–water partition coefficient (Wildman–Crippen LogP) is 2.34. The summed E-state index contributed by atoms with van der Waals surface area (Å²) >= 11 is 0. The molecule has 1 aromatic rings. The molecule has 1 aromatic carbocycles. The number of nitrogens with one attached hydrogen (secondary N) is 1. The van der Waals surface area contributed by atoms with Crippen LogP contribution in [0.1, 0.15) is 5.56 Å². The standard InChI is InChI=1S/C10H9NO/c12-9-4-5-10-8(7-9)3-1-2-6-11-10/h1-7,11-12H. The zero-order valence-electron chi connectivity index (χ0n) is 6.49. The van der Waals surface area contributed by atoms with E-state index >= 15 is 0 Å². The minimum Gasteiger partial charge on any atom is -0.508 e. The van der Waals surface area contributed by atoms with Gasteiger partial charge in [-0.15, -0.1) is 0 Å². The van der Waals surface area contributed by atoms with E-state index in [2.05, 4.69) is 5.32 Å². The van der Waals surface area contributed by atoms with Gasteiger partial charge in [-0.25, -0.2) is 0 Å². The molecule has 0 saturated heterocycles. The summed E-state index contributed by atoms with van der Waals surface area (Å²) in [5, 5.41) is 12.3. The van der Waals surface area contributed by atoms with Crippen molar-refractivity contribution < 1.29 is 5.11 Å². The summed E-state index contributed by atoms with van der Waals surface area (Å²) in [4.78, 5) is 0. The van der Waals surface area contributed by atoms with E-state index in [1.807, 2.05) is 30.5 Å². The molecule has 2 heteroatoms. The van der Waals surface area contributed by atoms with Gasteiger partial charge in [0.15, 0.2) is 0 Å². The number of fused-ring (bicyclic) bond motifs is 1. The summed E-state index contributed by atoms with van der Waals surface area (Å²) in [6.07, 6.45) is 7.65. The van der Waals surface area contributed by atoms with E-state index in [1.54, 1.807) is 12.1 Å². The molecule has 2 N–H and O–H groups in total. The second-order valence-corrected chi connectivity index (χ2v) is 2.63. The molecule has 0 unspecified atom stereocenters. The fraction of sp³-hybridized carbons (Fsp3) is 0. The molecule has 0 spiro atoms. The maximum absolute atomic E-state index is 9.20. The van der Waals surface area contributed by atoms with Crippen LogP contribution >= 0.6 is 0 Å². The number of hydrogen-bond acceptors (Lipinski definition) is 2. The molecule has 0 bridgehead atoms. The van der Waals surface area contributed by atoms with Gasteiger partial charge in [0.1, 0.15) is 5.75 Å². The van der Waals surface area contributed by atoms with Gasteiger partial charge in [0.25, 0.3) is 0 Å². The summed E-state index contributed by atoms with van der Waals surface area (Å²) < 4.78 is 0. The Hall–Kier alpha value is -1.70. The average molecular weight is 159 g/mol. The average Bonchev–Trinajstić information content (AvgIpc) is 2.28. The van der Waals surface area contributed by atoms with Crippen LogP contribution in [0.25, 0.3) is 6.08 Å². The highest BCUT2D eigenvalue weighted by Gasteiger charge is 1.99. The first-order chi connectivity index (χ1) is 5.86. The summed E-state index contributed by atoms with van der Waals surface area (Å²) in [6, 6.07) is 5.25. The summed E-state index contributed by atoms with van der Waals surface area (Å²) in [5.41, 5.74) is 2.01. The normalized spacial score (nSPS) is 13.3. The number of phenolic OH excluding ortho intramolecular Hbond substituents is 1. The second-order valence-electron chi connectivity index (χ2n) is 2.63. The lowest BCUT2D eigenvalue weighted by molar-refractivity contribution is 0.475. The number of allylic oxidation sites excluding steroid dienone is 2. The highest BCUT2D eigenvalue weighted by molar-refractivity contribution is 5.71. The fourth-order valence-corrected chi connectivity index (χ4v) is 1.17. The van der Waals surface area contributed by atoms with Crippen LogP contribution < -0.4 is 5.32 Å². The smallest absolute Gasteiger partial charge is 0.116 e. The number of rotatable bonds is 0. The number of hydrogen-bond donors (Lipinski definition) is 2. The van der Waals surface area contributed by atoms with Crippen LogP contribution in [0.2, 0.25) is 0 Å². The lowest BCUT2D eigenvalue weighted by Gasteiger charge is -2.03. The van der Waals surface area contributed by atoms with Crippen LogP contribution in [0.3, 0.4) is 0 Å². The van der Waals surface area contributed by atoms with Gasteiger partial charge in [0.2, 0.25) is 0 Å². The molecule has 0 atom stereocenters. The molecule has 0 aromatic heterocycles. The highest BCUT2D eigenvalue weighted by atomic mass is 16.3. The Morgan fingerprint density at radius 1 is 1.17 bits per heavy atom. The first kappa shape index (κ1) is 6.98. The van der Waals surface area contributed by atoms with Crippen molar-refractivity contribution in [2.45, 2.75) is 0 Å². The van der Waals surface area contributed by atoms with E-state index in [1.165, 1.54) is 0 Å². The molecule has 1 aliphatic heterocycles. The lowest BCUT2D eigenvalue weighted by atomic mass is 10.1. The molecule has 1 heterocycles. The van der Waals surface area contributed by atoms with Gasteiger partial charge in [-0.1, -0.05) is 12.2 Å². The zero-order valence-corrected chi connectivity index (χ0v) is 6.49. The van der Waals surface area contributed by atoms with E-state index in [0.717, 1.165) is 11.3 Å². The molecular weight excluding hydrogens is 150 g/mol. The summed E-state index contributed by atoms with van der Waals surface area (Å²) in [6.45, 7) is 0. The van der Waals surface area contributed by atoms with Crippen molar-refractivity contribution in [1.82, 2.24) is 0 Å². The van der Waals surface area contributed by atoms with Crippen molar-refractivity contribution in [1.29, 1.82) is 0 Å². The largest absolute Gasteiger partial charge is 0.508 e. The minimum atomic E-state index is 0.294. The monoisotopic (exact) mass is 159 g/mol. The summed E-state index contributed by atoms with van der Waals surface area (Å²) in [5.74, 6) is 0.294. The van der Waals surface area contributed by atoms with Crippen molar-refractivity contribution in [3.8, 4) is 5.75 Å². The van der Waals surface area contributed by atoms with Crippen LogP contribution in [0.5, 0.6) is 5.75 Å². The second kappa shape index (κ2) is 2.74. The van der Waals surface area contributed by atoms with Crippen LogP contribution in [0, 0.1) is 0 Å². The molecule has 2 nitrogen and oxygen atoms in total. The van der Waals surface area contributed by atoms with E-state index < -0.39 is 0 Å². The minimum absolute atomic E-state index is 0.294. The SMILES string of the molecule is Oc1ccc2c(c1)C=CC=CN2. The third-order valence-electron chi connectivity index (χ3n) is 1.76. The Morgan fingerprint density at radius 3 is 3.00 bits per heavy atom. The lowest BCUT2D eigenvalue weighted by Crippen LogP contribution is -1.87. The van der Waals surface area contributed by atoms with Crippen molar-refractivity contribution in [2.24, 2.45) is 0 Å². The van der Waals surface area contributed by atoms with Crippen LogP contribution in [0.15, 0.2) is 36.6 Å². The Labute approximate surface area is 70.9 Å².